The van der Waals surface area contributed by atoms with E-state index >= 15 is 0 Å². The lowest BCUT2D eigenvalue weighted by Crippen LogP contribution is -2.50. The molecule has 1 fully saturated rings. The van der Waals surface area contributed by atoms with Crippen LogP contribution >= 0.6 is 15.9 Å². The fourth-order valence-electron chi connectivity index (χ4n) is 4.82. The summed E-state index contributed by atoms with van der Waals surface area (Å²) in [7, 11) is 0. The van der Waals surface area contributed by atoms with Gasteiger partial charge in [-0.05, 0) is 49.9 Å². The van der Waals surface area contributed by atoms with E-state index in [1.807, 2.05) is 19.1 Å². The second-order valence-electron chi connectivity index (χ2n) is 8.14. The van der Waals surface area contributed by atoms with E-state index in [-0.39, 0.29) is 16.5 Å². The molecule has 0 N–H and O–H groups in total. The van der Waals surface area contributed by atoms with E-state index in [2.05, 4.69) is 76.3 Å². The number of benzene rings is 2. The molecular weight excluding hydrogens is 410 g/mol. The number of likely N-dealkylation sites (tertiary alicyclic amines) is 1. The normalized spacial score (nSPS) is 18.2. The molecular formula is C25H32BrNO. The highest BCUT2D eigenvalue weighted by atomic mass is 79.9. The van der Waals surface area contributed by atoms with Crippen LogP contribution in [-0.2, 0) is 10.2 Å². The molecule has 0 aliphatic carbocycles. The van der Waals surface area contributed by atoms with Crippen molar-refractivity contribution in [2.45, 2.75) is 49.8 Å². The van der Waals surface area contributed by atoms with Crippen LogP contribution in [0.25, 0.3) is 0 Å². The summed E-state index contributed by atoms with van der Waals surface area (Å²) in [5, 5.41) is 0. The van der Waals surface area contributed by atoms with Crippen LogP contribution in [0.1, 0.15) is 50.7 Å². The fourth-order valence-corrected chi connectivity index (χ4v) is 5.18. The number of halogens is 1. The van der Waals surface area contributed by atoms with Crippen LogP contribution in [-0.4, -0.2) is 35.1 Å². The topological polar surface area (TPSA) is 20.3 Å². The summed E-state index contributed by atoms with van der Waals surface area (Å²) >= 11 is 3.61. The Balaban J connectivity index is 2.10. The second kappa shape index (κ2) is 9.84. The van der Waals surface area contributed by atoms with Crippen molar-refractivity contribution in [2.75, 3.05) is 19.6 Å². The van der Waals surface area contributed by atoms with Crippen LogP contribution < -0.4 is 0 Å². The number of Topliss-reactive ketones (excluding diaryl/α,β-unsaturated/α-hetero) is 1. The quantitative estimate of drug-likeness (QED) is 0.503. The molecule has 0 unspecified atom stereocenters. The summed E-state index contributed by atoms with van der Waals surface area (Å²) in [5.41, 5.74) is 1.54. The standard InChI is InChI=1S/C25H32BrNO/c1-20(19-27-17-11-3-4-12-18-27)25(24(28)21(2)26,22-13-7-5-8-14-22)23-15-9-6-10-16-23/h5-10,13-16,20-21H,3-4,11-12,17-19H2,1-2H3/t20-,21-/m0/s1. The average molecular weight is 442 g/mol. The molecule has 1 aliphatic rings. The van der Waals surface area contributed by atoms with E-state index in [1.165, 1.54) is 25.7 Å². The summed E-state index contributed by atoms with van der Waals surface area (Å²) in [6.45, 7) is 7.44. The molecule has 0 bridgehead atoms. The van der Waals surface area contributed by atoms with Gasteiger partial charge in [-0.3, -0.25) is 4.79 Å². The molecule has 28 heavy (non-hydrogen) atoms. The monoisotopic (exact) mass is 441 g/mol. The van der Waals surface area contributed by atoms with Gasteiger partial charge < -0.3 is 4.90 Å². The Hall–Kier alpha value is -1.45. The van der Waals surface area contributed by atoms with E-state index < -0.39 is 5.41 Å². The SMILES string of the molecule is C[C@H](Br)C(=O)C(c1ccccc1)(c1ccccc1)[C@@H](C)CN1CCCCCC1. The molecule has 1 aliphatic heterocycles. The zero-order chi connectivity index (χ0) is 20.0. The highest BCUT2D eigenvalue weighted by Gasteiger charge is 2.47. The minimum Gasteiger partial charge on any atom is -0.303 e. The molecule has 3 rings (SSSR count). The first-order chi connectivity index (χ1) is 13.6. The molecule has 3 heteroatoms. The van der Waals surface area contributed by atoms with E-state index in [1.54, 1.807) is 0 Å². The van der Waals surface area contributed by atoms with Crippen molar-refractivity contribution in [3.63, 3.8) is 0 Å². The number of nitrogens with zero attached hydrogens (tertiary/aromatic N) is 1. The third-order valence-electron chi connectivity index (χ3n) is 6.18. The molecule has 150 valence electrons. The third-order valence-corrected chi connectivity index (χ3v) is 6.59. The molecule has 1 heterocycles. The van der Waals surface area contributed by atoms with Gasteiger partial charge in [0.2, 0.25) is 0 Å². The molecule has 0 saturated carbocycles. The van der Waals surface area contributed by atoms with Crippen molar-refractivity contribution >= 4 is 21.7 Å². The van der Waals surface area contributed by atoms with Crippen LogP contribution in [0, 0.1) is 5.92 Å². The van der Waals surface area contributed by atoms with Crippen molar-refractivity contribution in [3.05, 3.63) is 71.8 Å². The van der Waals surface area contributed by atoms with Gasteiger partial charge in [0, 0.05) is 6.54 Å². The lowest BCUT2D eigenvalue weighted by Gasteiger charge is -2.42. The predicted octanol–water partition coefficient (Wildman–Crippen LogP) is 5.84. The van der Waals surface area contributed by atoms with Crippen molar-refractivity contribution in [2.24, 2.45) is 5.92 Å². The summed E-state index contributed by atoms with van der Waals surface area (Å²) in [4.78, 5) is 16.2. The maximum atomic E-state index is 13.9. The number of carbonyl (C=O) groups is 1. The Labute approximate surface area is 178 Å². The van der Waals surface area contributed by atoms with Crippen molar-refractivity contribution in [1.82, 2.24) is 4.90 Å². The van der Waals surface area contributed by atoms with Crippen molar-refractivity contribution < 1.29 is 4.79 Å². The Bertz CT molecular complexity index is 696. The first-order valence-corrected chi connectivity index (χ1v) is 11.5. The van der Waals surface area contributed by atoms with Gasteiger partial charge in [0.05, 0.1) is 10.2 Å². The summed E-state index contributed by atoms with van der Waals surface area (Å²) in [6.07, 6.45) is 5.17. The summed E-state index contributed by atoms with van der Waals surface area (Å²) < 4.78 is 0. The van der Waals surface area contributed by atoms with E-state index in [4.69, 9.17) is 0 Å². The lowest BCUT2D eigenvalue weighted by atomic mass is 9.63. The smallest absolute Gasteiger partial charge is 0.161 e. The van der Waals surface area contributed by atoms with Gasteiger partial charge in [0.15, 0.2) is 5.78 Å². The molecule has 2 aromatic rings. The Kier molecular flexibility index (Phi) is 7.48. The second-order valence-corrected chi connectivity index (χ2v) is 9.51. The predicted molar refractivity (Wildman–Crippen MR) is 121 cm³/mol. The Morgan fingerprint density at radius 2 is 1.36 bits per heavy atom. The van der Waals surface area contributed by atoms with Gasteiger partial charge in [0.25, 0.3) is 0 Å². The van der Waals surface area contributed by atoms with E-state index in [0.717, 1.165) is 30.8 Å². The Morgan fingerprint density at radius 1 is 0.893 bits per heavy atom. The molecule has 2 aromatic carbocycles. The molecule has 2 atom stereocenters. The first-order valence-electron chi connectivity index (χ1n) is 10.6. The maximum absolute atomic E-state index is 13.9. The molecule has 0 spiro atoms. The van der Waals surface area contributed by atoms with Crippen LogP contribution in [0.15, 0.2) is 60.7 Å². The maximum Gasteiger partial charge on any atom is 0.161 e. The zero-order valence-electron chi connectivity index (χ0n) is 17.1. The minimum absolute atomic E-state index is 0.169. The molecule has 2 nitrogen and oxygen atoms in total. The van der Waals surface area contributed by atoms with Gasteiger partial charge in [-0.25, -0.2) is 0 Å². The molecule has 1 saturated heterocycles. The number of hydrogen-bond acceptors (Lipinski definition) is 2. The molecule has 0 radical (unpaired) electrons. The summed E-state index contributed by atoms with van der Waals surface area (Å²) in [5.74, 6) is 0.412. The third kappa shape index (κ3) is 4.41. The molecule has 0 amide bonds. The largest absolute Gasteiger partial charge is 0.303 e. The number of carbonyl (C=O) groups excluding carboxylic acids is 1. The number of ketones is 1. The van der Waals surface area contributed by atoms with Crippen LogP contribution in [0.2, 0.25) is 0 Å². The average Bonchev–Trinajstić information content (AvgIpc) is 2.99. The summed E-state index contributed by atoms with van der Waals surface area (Å²) in [6, 6.07) is 20.8. The first kappa shape index (κ1) is 21.3. The van der Waals surface area contributed by atoms with Gasteiger partial charge in [-0.2, -0.15) is 0 Å². The van der Waals surface area contributed by atoms with Crippen molar-refractivity contribution in [3.8, 4) is 0 Å². The van der Waals surface area contributed by atoms with E-state index in [0.29, 0.717) is 0 Å². The number of alkyl halides is 1. The Morgan fingerprint density at radius 3 is 1.79 bits per heavy atom. The van der Waals surface area contributed by atoms with Crippen LogP contribution in [0.4, 0.5) is 0 Å². The van der Waals surface area contributed by atoms with E-state index in [9.17, 15) is 4.79 Å². The van der Waals surface area contributed by atoms with Gasteiger partial charge in [0.1, 0.15) is 0 Å². The van der Waals surface area contributed by atoms with Crippen molar-refractivity contribution in [1.29, 1.82) is 0 Å². The number of rotatable bonds is 7. The highest BCUT2D eigenvalue weighted by molar-refractivity contribution is 9.10. The molecule has 0 aromatic heterocycles. The minimum atomic E-state index is -0.655. The van der Waals surface area contributed by atoms with Crippen LogP contribution in [0.3, 0.4) is 0 Å². The highest BCUT2D eigenvalue weighted by Crippen LogP contribution is 2.42. The lowest BCUT2D eigenvalue weighted by molar-refractivity contribution is -0.124. The zero-order valence-corrected chi connectivity index (χ0v) is 18.7. The van der Waals surface area contributed by atoms with Gasteiger partial charge in [-0.15, -0.1) is 0 Å². The van der Waals surface area contributed by atoms with Gasteiger partial charge >= 0.3 is 0 Å². The number of hydrogen-bond donors (Lipinski definition) is 0. The van der Waals surface area contributed by atoms with Crippen LogP contribution in [0.5, 0.6) is 0 Å². The van der Waals surface area contributed by atoms with Gasteiger partial charge in [-0.1, -0.05) is 96.4 Å². The fraction of sp³-hybridized carbons (Fsp3) is 0.480.